The molecule has 0 spiro atoms. The predicted molar refractivity (Wildman–Crippen MR) is 56.4 cm³/mol. The predicted octanol–water partition coefficient (Wildman–Crippen LogP) is 0.455. The molecule has 0 atom stereocenters. The van der Waals surface area contributed by atoms with Crippen LogP contribution in [0.25, 0.3) is 17.2 Å². The highest BCUT2D eigenvalue weighted by atomic mass is 16.1. The van der Waals surface area contributed by atoms with Crippen LogP contribution >= 0.6 is 0 Å². The maximum atomic E-state index is 11.4. The number of aromatic amines is 1. The van der Waals surface area contributed by atoms with Crippen LogP contribution in [0.3, 0.4) is 0 Å². The van der Waals surface area contributed by atoms with Crippen LogP contribution in [0.4, 0.5) is 0 Å². The van der Waals surface area contributed by atoms with E-state index < -0.39 is 0 Å². The van der Waals surface area contributed by atoms with Crippen LogP contribution in [0.15, 0.2) is 41.7 Å². The van der Waals surface area contributed by atoms with E-state index >= 15 is 0 Å². The molecule has 0 aliphatic carbocycles. The smallest absolute Gasteiger partial charge is 0.283 e. The number of aromatic nitrogens is 5. The van der Waals surface area contributed by atoms with Gasteiger partial charge < -0.3 is 0 Å². The second-order valence-corrected chi connectivity index (χ2v) is 3.21. The van der Waals surface area contributed by atoms with Crippen molar-refractivity contribution in [3.05, 3.63) is 47.3 Å². The molecule has 0 amide bonds. The van der Waals surface area contributed by atoms with E-state index in [4.69, 9.17) is 0 Å². The molecular weight excluding hydrogens is 206 g/mol. The van der Waals surface area contributed by atoms with Crippen molar-refractivity contribution in [1.29, 1.82) is 0 Å². The number of rotatable bonds is 1. The molecule has 0 saturated carbocycles. The number of H-pyrrole nitrogens is 1. The minimum Gasteiger partial charge on any atom is -0.297 e. The Morgan fingerprint density at radius 1 is 1.19 bits per heavy atom. The van der Waals surface area contributed by atoms with Gasteiger partial charge >= 0.3 is 0 Å². The third kappa shape index (κ3) is 1.20. The number of hydrogen-bond acceptors (Lipinski definition) is 4. The van der Waals surface area contributed by atoms with Gasteiger partial charge in [0.25, 0.3) is 5.56 Å². The van der Waals surface area contributed by atoms with E-state index in [0.717, 1.165) is 0 Å². The summed E-state index contributed by atoms with van der Waals surface area (Å²) in [6, 6.07) is 5.51. The largest absolute Gasteiger partial charge is 0.297 e. The van der Waals surface area contributed by atoms with Crippen LogP contribution in [-0.4, -0.2) is 24.7 Å². The van der Waals surface area contributed by atoms with E-state index in [9.17, 15) is 4.79 Å². The molecule has 1 N–H and O–H groups in total. The molecule has 78 valence electrons. The van der Waals surface area contributed by atoms with E-state index in [1.54, 1.807) is 17.1 Å². The zero-order chi connectivity index (χ0) is 11.0. The average Bonchev–Trinajstić information content (AvgIpc) is 2.75. The highest BCUT2D eigenvalue weighted by Gasteiger charge is 2.14. The van der Waals surface area contributed by atoms with Crippen molar-refractivity contribution < 1.29 is 0 Å². The molecule has 3 rings (SSSR count). The van der Waals surface area contributed by atoms with Crippen LogP contribution in [0.2, 0.25) is 0 Å². The first-order valence-electron chi connectivity index (χ1n) is 4.69. The molecule has 6 nitrogen and oxygen atoms in total. The van der Waals surface area contributed by atoms with Crippen LogP contribution in [0.1, 0.15) is 0 Å². The lowest BCUT2D eigenvalue weighted by Crippen LogP contribution is -2.11. The van der Waals surface area contributed by atoms with Crippen LogP contribution in [0.5, 0.6) is 0 Å². The van der Waals surface area contributed by atoms with Gasteiger partial charge in [-0.1, -0.05) is 6.07 Å². The average molecular weight is 213 g/mol. The van der Waals surface area contributed by atoms with E-state index in [1.807, 2.05) is 18.2 Å². The molecule has 2 aliphatic rings. The molecule has 6 heteroatoms. The quantitative estimate of drug-likeness (QED) is 0.637. The molecule has 1 aromatic heterocycles. The molecule has 0 bridgehead atoms. The molecule has 3 heterocycles. The number of nitrogens with one attached hydrogen (secondary N) is 1. The molecular formula is C10H7N5O. The van der Waals surface area contributed by atoms with Crippen molar-refractivity contribution in [2.24, 2.45) is 0 Å². The summed E-state index contributed by atoms with van der Waals surface area (Å²) in [5, 5.41) is 2.92. The molecule has 0 fully saturated rings. The topological polar surface area (TPSA) is 76.5 Å². The van der Waals surface area contributed by atoms with Crippen molar-refractivity contribution in [1.82, 2.24) is 24.7 Å². The maximum Gasteiger partial charge on any atom is 0.283 e. The Bertz CT molecular complexity index is 642. The monoisotopic (exact) mass is 213 g/mol. The van der Waals surface area contributed by atoms with Gasteiger partial charge in [-0.15, -0.1) is 0 Å². The van der Waals surface area contributed by atoms with Gasteiger partial charge in [-0.2, -0.15) is 4.98 Å². The Balaban J connectivity index is 2.26. The molecule has 2 aliphatic heterocycles. The molecule has 0 radical (unpaired) electrons. The third-order valence-corrected chi connectivity index (χ3v) is 2.25. The van der Waals surface area contributed by atoms with Gasteiger partial charge in [-0.3, -0.25) is 9.89 Å². The lowest BCUT2D eigenvalue weighted by Gasteiger charge is -2.03. The Labute approximate surface area is 90.0 Å². The number of nitrogens with zero attached hydrogens (tertiary/aromatic N) is 4. The zero-order valence-corrected chi connectivity index (χ0v) is 8.16. The second-order valence-electron chi connectivity index (χ2n) is 3.21. The summed E-state index contributed by atoms with van der Waals surface area (Å²) in [5.74, 6) is 1.20. The Hall–Kier alpha value is -2.50. The minimum absolute atomic E-state index is 0.295. The van der Waals surface area contributed by atoms with E-state index in [1.165, 1.54) is 6.33 Å². The fourth-order valence-electron chi connectivity index (χ4n) is 1.53. The highest BCUT2D eigenvalue weighted by molar-refractivity contribution is 5.55. The molecule has 16 heavy (non-hydrogen) atoms. The standard InChI is InChI=1S/C10H7N5O/c16-10-7-5-14-15(9(7)12-6-13-10)8-3-1-2-4-11-8/h1-6,14H. The fourth-order valence-corrected chi connectivity index (χ4v) is 1.53. The molecule has 0 saturated heterocycles. The third-order valence-electron chi connectivity index (χ3n) is 2.25. The van der Waals surface area contributed by atoms with Gasteiger partial charge in [0.1, 0.15) is 11.9 Å². The van der Waals surface area contributed by atoms with Crippen molar-refractivity contribution in [2.75, 3.05) is 0 Å². The summed E-state index contributed by atoms with van der Waals surface area (Å²) in [7, 11) is 0. The van der Waals surface area contributed by atoms with Crippen molar-refractivity contribution in [2.45, 2.75) is 0 Å². The van der Waals surface area contributed by atoms with E-state index in [0.29, 0.717) is 17.2 Å². The Morgan fingerprint density at radius 2 is 2.12 bits per heavy atom. The van der Waals surface area contributed by atoms with Gasteiger partial charge in [-0.05, 0) is 12.1 Å². The van der Waals surface area contributed by atoms with Gasteiger partial charge in [0.05, 0.1) is 0 Å². The summed E-state index contributed by atoms with van der Waals surface area (Å²) < 4.78 is 1.64. The van der Waals surface area contributed by atoms with Crippen LogP contribution < -0.4 is 5.56 Å². The summed E-state index contributed by atoms with van der Waals surface area (Å²) in [4.78, 5) is 23.2. The minimum atomic E-state index is -0.295. The second kappa shape index (κ2) is 3.27. The maximum absolute atomic E-state index is 11.4. The van der Waals surface area contributed by atoms with Crippen molar-refractivity contribution in [3.8, 4) is 17.2 Å². The lowest BCUT2D eigenvalue weighted by atomic mass is 10.3. The SMILES string of the molecule is O=c1ncnc2n(-c3ccccn3)[nH]cc1-2. The van der Waals surface area contributed by atoms with Gasteiger partial charge in [0, 0.05) is 12.4 Å². The first-order chi connectivity index (χ1) is 7.86. The van der Waals surface area contributed by atoms with Crippen molar-refractivity contribution in [3.63, 3.8) is 0 Å². The highest BCUT2D eigenvalue weighted by Crippen LogP contribution is 2.15. The van der Waals surface area contributed by atoms with Gasteiger partial charge in [0.15, 0.2) is 11.6 Å². The number of hydrogen-bond donors (Lipinski definition) is 1. The summed E-state index contributed by atoms with van der Waals surface area (Å²) >= 11 is 0. The fraction of sp³-hybridized carbons (Fsp3) is 0. The van der Waals surface area contributed by atoms with Crippen LogP contribution in [-0.2, 0) is 0 Å². The Morgan fingerprint density at radius 3 is 2.94 bits per heavy atom. The normalized spacial score (nSPS) is 10.8. The first kappa shape index (κ1) is 8.78. The number of fused-ring (bicyclic) bond motifs is 1. The summed E-state index contributed by atoms with van der Waals surface area (Å²) in [6.07, 6.45) is 4.50. The molecule has 0 aromatic carbocycles. The van der Waals surface area contributed by atoms with Gasteiger partial charge in [-0.25, -0.2) is 14.6 Å². The zero-order valence-electron chi connectivity index (χ0n) is 8.16. The Kier molecular flexibility index (Phi) is 1.79. The van der Waals surface area contributed by atoms with Crippen LogP contribution in [0, 0.1) is 0 Å². The van der Waals surface area contributed by atoms with E-state index in [-0.39, 0.29) is 5.56 Å². The first-order valence-corrected chi connectivity index (χ1v) is 4.69. The molecule has 1 aromatic rings. The van der Waals surface area contributed by atoms with Gasteiger partial charge in [0.2, 0.25) is 0 Å². The lowest BCUT2D eigenvalue weighted by molar-refractivity contribution is 0.835. The summed E-state index contributed by atoms with van der Waals surface area (Å²) in [6.45, 7) is 0. The number of pyridine rings is 1. The van der Waals surface area contributed by atoms with Crippen molar-refractivity contribution >= 4 is 0 Å². The van der Waals surface area contributed by atoms with E-state index in [2.05, 4.69) is 20.1 Å². The summed E-state index contributed by atoms with van der Waals surface area (Å²) in [5.41, 5.74) is 0.157. The molecule has 0 unspecified atom stereocenters.